The molecule has 0 bridgehead atoms. The zero-order chi connectivity index (χ0) is 13.7. The van der Waals surface area contributed by atoms with Gasteiger partial charge in [0, 0.05) is 18.1 Å². The van der Waals surface area contributed by atoms with Crippen LogP contribution in [0.1, 0.15) is 52.9 Å². The molecule has 3 atom stereocenters. The van der Waals surface area contributed by atoms with E-state index in [1.54, 1.807) is 0 Å². The van der Waals surface area contributed by atoms with Crippen LogP contribution in [0.5, 0.6) is 0 Å². The smallest absolute Gasteiger partial charge is 0.0658 e. The molecule has 0 aromatic rings. The number of hydrogen-bond acceptors (Lipinski definition) is 3. The molecule has 3 unspecified atom stereocenters. The van der Waals surface area contributed by atoms with Gasteiger partial charge in [-0.2, -0.15) is 0 Å². The zero-order valence-corrected chi connectivity index (χ0v) is 13.1. The second-order valence-corrected chi connectivity index (χ2v) is 6.45. The summed E-state index contributed by atoms with van der Waals surface area (Å²) in [5.41, 5.74) is 0.351. The van der Waals surface area contributed by atoms with Crippen LogP contribution < -0.4 is 5.32 Å². The molecule has 2 fully saturated rings. The molecule has 0 spiro atoms. The predicted octanol–water partition coefficient (Wildman–Crippen LogP) is 2.66. The molecule has 1 saturated heterocycles. The second kappa shape index (κ2) is 7.05. The lowest BCUT2D eigenvalue weighted by atomic mass is 9.61. The van der Waals surface area contributed by atoms with Gasteiger partial charge in [0.1, 0.15) is 0 Å². The first-order valence-electron chi connectivity index (χ1n) is 8.28. The molecule has 0 aromatic carbocycles. The molecule has 19 heavy (non-hydrogen) atoms. The van der Waals surface area contributed by atoms with Gasteiger partial charge >= 0.3 is 0 Å². The van der Waals surface area contributed by atoms with Crippen LogP contribution in [0.3, 0.4) is 0 Å². The number of likely N-dealkylation sites (tertiary alicyclic amines) is 1. The SMILES string of the molecule is CCOC1CC(NCCCN2CCCC2)C1(C)CC. The van der Waals surface area contributed by atoms with Crippen molar-refractivity contribution >= 4 is 0 Å². The maximum atomic E-state index is 5.85. The van der Waals surface area contributed by atoms with E-state index in [1.165, 1.54) is 51.7 Å². The van der Waals surface area contributed by atoms with Gasteiger partial charge in [0.05, 0.1) is 6.10 Å². The van der Waals surface area contributed by atoms with Crippen molar-refractivity contribution in [2.24, 2.45) is 5.41 Å². The number of hydrogen-bond donors (Lipinski definition) is 1. The van der Waals surface area contributed by atoms with Crippen LogP contribution in [0, 0.1) is 5.41 Å². The molecule has 3 nitrogen and oxygen atoms in total. The van der Waals surface area contributed by atoms with Gasteiger partial charge in [-0.25, -0.2) is 0 Å². The molecular weight excluding hydrogens is 236 g/mol. The quantitative estimate of drug-likeness (QED) is 0.685. The van der Waals surface area contributed by atoms with Gasteiger partial charge in [0.25, 0.3) is 0 Å². The van der Waals surface area contributed by atoms with Gasteiger partial charge in [-0.3, -0.25) is 0 Å². The molecule has 112 valence electrons. The summed E-state index contributed by atoms with van der Waals surface area (Å²) in [6.45, 7) is 12.7. The minimum absolute atomic E-state index is 0.351. The van der Waals surface area contributed by atoms with Crippen LogP contribution in [-0.2, 0) is 4.74 Å². The van der Waals surface area contributed by atoms with Crippen molar-refractivity contribution in [3.63, 3.8) is 0 Å². The lowest BCUT2D eigenvalue weighted by molar-refractivity contribution is -0.125. The highest BCUT2D eigenvalue weighted by molar-refractivity contribution is 5.04. The summed E-state index contributed by atoms with van der Waals surface area (Å²) in [5, 5.41) is 3.77. The van der Waals surface area contributed by atoms with Crippen LogP contribution in [0.25, 0.3) is 0 Å². The van der Waals surface area contributed by atoms with Crippen molar-refractivity contribution in [1.29, 1.82) is 0 Å². The third kappa shape index (κ3) is 3.50. The van der Waals surface area contributed by atoms with E-state index in [0.717, 1.165) is 13.2 Å². The summed E-state index contributed by atoms with van der Waals surface area (Å²) in [6.07, 6.45) is 6.97. The Hall–Kier alpha value is -0.120. The standard InChI is InChI=1S/C16H32N2O/c1-4-16(3)14(13-15(16)19-5-2)17-9-8-12-18-10-6-7-11-18/h14-15,17H,4-13H2,1-3H3. The van der Waals surface area contributed by atoms with E-state index in [-0.39, 0.29) is 0 Å². The first-order chi connectivity index (χ1) is 9.20. The van der Waals surface area contributed by atoms with Crippen molar-refractivity contribution < 1.29 is 4.74 Å². The van der Waals surface area contributed by atoms with E-state index < -0.39 is 0 Å². The Morgan fingerprint density at radius 3 is 2.63 bits per heavy atom. The van der Waals surface area contributed by atoms with Crippen molar-refractivity contribution in [1.82, 2.24) is 10.2 Å². The maximum Gasteiger partial charge on any atom is 0.0658 e. The minimum Gasteiger partial charge on any atom is -0.378 e. The summed E-state index contributed by atoms with van der Waals surface area (Å²) in [4.78, 5) is 2.60. The monoisotopic (exact) mass is 268 g/mol. The van der Waals surface area contributed by atoms with E-state index >= 15 is 0 Å². The van der Waals surface area contributed by atoms with Gasteiger partial charge in [0.15, 0.2) is 0 Å². The topological polar surface area (TPSA) is 24.5 Å². The van der Waals surface area contributed by atoms with Crippen LogP contribution in [-0.4, -0.2) is 49.8 Å². The Kier molecular flexibility index (Phi) is 5.67. The molecule has 1 saturated carbocycles. The summed E-state index contributed by atoms with van der Waals surface area (Å²) in [6, 6.07) is 0.660. The third-order valence-electron chi connectivity index (χ3n) is 5.35. The van der Waals surface area contributed by atoms with Gasteiger partial charge in [0.2, 0.25) is 0 Å². The zero-order valence-electron chi connectivity index (χ0n) is 13.1. The van der Waals surface area contributed by atoms with Crippen molar-refractivity contribution in [3.05, 3.63) is 0 Å². The molecule has 0 aromatic heterocycles. The van der Waals surface area contributed by atoms with E-state index in [1.807, 2.05) is 0 Å². The molecule has 1 heterocycles. The number of ether oxygens (including phenoxy) is 1. The second-order valence-electron chi connectivity index (χ2n) is 6.45. The Morgan fingerprint density at radius 2 is 2.00 bits per heavy atom. The van der Waals surface area contributed by atoms with E-state index in [0.29, 0.717) is 17.6 Å². The van der Waals surface area contributed by atoms with Gasteiger partial charge < -0.3 is 15.0 Å². The molecule has 0 amide bonds. The first kappa shape index (κ1) is 15.3. The first-order valence-corrected chi connectivity index (χ1v) is 8.28. The van der Waals surface area contributed by atoms with E-state index in [4.69, 9.17) is 4.74 Å². The summed E-state index contributed by atoms with van der Waals surface area (Å²) >= 11 is 0. The highest BCUT2D eigenvalue weighted by Gasteiger charge is 2.50. The van der Waals surface area contributed by atoms with Crippen molar-refractivity contribution in [3.8, 4) is 0 Å². The van der Waals surface area contributed by atoms with Gasteiger partial charge in [-0.15, -0.1) is 0 Å². The lowest BCUT2D eigenvalue weighted by Gasteiger charge is -2.54. The van der Waals surface area contributed by atoms with Crippen molar-refractivity contribution in [2.45, 2.75) is 65.0 Å². The Balaban J connectivity index is 1.63. The molecule has 3 heteroatoms. The highest BCUT2D eigenvalue weighted by atomic mass is 16.5. The average Bonchev–Trinajstić information content (AvgIpc) is 2.93. The molecule has 2 rings (SSSR count). The Bertz CT molecular complexity index is 265. The van der Waals surface area contributed by atoms with Crippen LogP contribution in [0.4, 0.5) is 0 Å². The summed E-state index contributed by atoms with van der Waals surface area (Å²) < 4.78 is 5.85. The largest absolute Gasteiger partial charge is 0.378 e. The van der Waals surface area contributed by atoms with Crippen LogP contribution >= 0.6 is 0 Å². The number of nitrogens with zero attached hydrogens (tertiary/aromatic N) is 1. The molecule has 1 N–H and O–H groups in total. The molecule has 1 aliphatic heterocycles. The summed E-state index contributed by atoms with van der Waals surface area (Å²) in [5.74, 6) is 0. The Labute approximate surface area is 119 Å². The summed E-state index contributed by atoms with van der Waals surface area (Å²) in [7, 11) is 0. The van der Waals surface area contributed by atoms with Crippen LogP contribution in [0.2, 0.25) is 0 Å². The van der Waals surface area contributed by atoms with E-state index in [9.17, 15) is 0 Å². The molecule has 0 radical (unpaired) electrons. The van der Waals surface area contributed by atoms with Crippen LogP contribution in [0.15, 0.2) is 0 Å². The molecular formula is C16H32N2O. The average molecular weight is 268 g/mol. The predicted molar refractivity (Wildman–Crippen MR) is 80.5 cm³/mol. The van der Waals surface area contributed by atoms with E-state index in [2.05, 4.69) is 31.0 Å². The lowest BCUT2D eigenvalue weighted by Crippen LogP contribution is -2.62. The van der Waals surface area contributed by atoms with Gasteiger partial charge in [-0.1, -0.05) is 13.8 Å². The number of rotatable bonds is 8. The van der Waals surface area contributed by atoms with Gasteiger partial charge in [-0.05, 0) is 65.2 Å². The third-order valence-corrected chi connectivity index (χ3v) is 5.35. The minimum atomic E-state index is 0.351. The highest BCUT2D eigenvalue weighted by Crippen LogP contribution is 2.45. The normalized spacial score (nSPS) is 35.5. The Morgan fingerprint density at radius 1 is 1.26 bits per heavy atom. The molecule has 2 aliphatic rings. The fourth-order valence-electron chi connectivity index (χ4n) is 3.65. The maximum absolute atomic E-state index is 5.85. The van der Waals surface area contributed by atoms with Crippen molar-refractivity contribution in [2.75, 3.05) is 32.8 Å². The fraction of sp³-hybridized carbons (Fsp3) is 1.00. The molecule has 1 aliphatic carbocycles. The fourth-order valence-corrected chi connectivity index (χ4v) is 3.65. The number of nitrogens with one attached hydrogen (secondary N) is 1.